The van der Waals surface area contributed by atoms with Crippen molar-refractivity contribution in [2.45, 2.75) is 32.5 Å². The van der Waals surface area contributed by atoms with Crippen LogP contribution in [0.25, 0.3) is 0 Å². The molecule has 0 saturated carbocycles. The Labute approximate surface area is 186 Å². The summed E-state index contributed by atoms with van der Waals surface area (Å²) in [5, 5.41) is 10.3. The van der Waals surface area contributed by atoms with Gasteiger partial charge in [-0.25, -0.2) is 4.98 Å². The Morgan fingerprint density at radius 3 is 2.52 bits per heavy atom. The predicted molar refractivity (Wildman–Crippen MR) is 124 cm³/mol. The molecule has 1 atom stereocenters. The second kappa shape index (κ2) is 11.3. The summed E-state index contributed by atoms with van der Waals surface area (Å²) >= 11 is 0. The molecule has 2 aromatic rings. The highest BCUT2D eigenvalue weighted by molar-refractivity contribution is 5.43. The Morgan fingerprint density at radius 2 is 1.87 bits per heavy atom. The molecule has 0 radical (unpaired) electrons. The van der Waals surface area contributed by atoms with Gasteiger partial charge in [-0.1, -0.05) is 12.1 Å². The molecular weight excluding hydrogens is 392 g/mol. The second-order valence-electron chi connectivity index (χ2n) is 8.43. The first-order valence-corrected chi connectivity index (χ1v) is 11.0. The Hall–Kier alpha value is -2.35. The smallest absolute Gasteiger partial charge is 0.161 e. The van der Waals surface area contributed by atoms with Gasteiger partial charge in [-0.2, -0.15) is 0 Å². The average molecular weight is 429 g/mol. The van der Waals surface area contributed by atoms with E-state index in [1.165, 1.54) is 5.56 Å². The standard InChI is InChI=1S/C24H36N4O3/c1-19(2)26(3)17-21(29)18-31-23-15-20(8-9-22(23)30-4)16-27-11-13-28(14-12-27)24-7-5-6-10-25-24/h5-10,15,19,21,29H,11-14,16-18H2,1-4H3. The van der Waals surface area contributed by atoms with Crippen molar-refractivity contribution in [1.29, 1.82) is 0 Å². The molecular formula is C24H36N4O3. The molecule has 0 spiro atoms. The van der Waals surface area contributed by atoms with Gasteiger partial charge in [-0.15, -0.1) is 0 Å². The van der Waals surface area contributed by atoms with Crippen molar-refractivity contribution in [3.8, 4) is 11.5 Å². The van der Waals surface area contributed by atoms with Crippen LogP contribution in [0.2, 0.25) is 0 Å². The van der Waals surface area contributed by atoms with E-state index in [1.807, 2.05) is 37.5 Å². The van der Waals surface area contributed by atoms with Gasteiger partial charge in [-0.3, -0.25) is 4.90 Å². The zero-order valence-electron chi connectivity index (χ0n) is 19.2. The lowest BCUT2D eigenvalue weighted by Crippen LogP contribution is -2.46. The van der Waals surface area contributed by atoms with E-state index in [-0.39, 0.29) is 6.61 Å². The van der Waals surface area contributed by atoms with Crippen LogP contribution in [-0.2, 0) is 6.54 Å². The minimum absolute atomic E-state index is 0.236. The quantitative estimate of drug-likeness (QED) is 0.624. The topological polar surface area (TPSA) is 61.3 Å². The molecule has 0 aliphatic carbocycles. The van der Waals surface area contributed by atoms with E-state index in [0.717, 1.165) is 38.5 Å². The first-order valence-electron chi connectivity index (χ1n) is 11.0. The van der Waals surface area contributed by atoms with Crippen molar-refractivity contribution in [3.63, 3.8) is 0 Å². The molecule has 7 nitrogen and oxygen atoms in total. The number of aromatic nitrogens is 1. The lowest BCUT2D eigenvalue weighted by Gasteiger charge is -2.35. The molecule has 170 valence electrons. The van der Waals surface area contributed by atoms with Crippen molar-refractivity contribution in [3.05, 3.63) is 48.2 Å². The summed E-state index contributed by atoms with van der Waals surface area (Å²) in [4.78, 5) is 11.3. The van der Waals surface area contributed by atoms with Gasteiger partial charge in [0.05, 0.1) is 7.11 Å². The number of hydrogen-bond acceptors (Lipinski definition) is 7. The lowest BCUT2D eigenvalue weighted by molar-refractivity contribution is 0.0668. The number of methoxy groups -OCH3 is 1. The largest absolute Gasteiger partial charge is 0.493 e. The number of nitrogens with zero attached hydrogens (tertiary/aromatic N) is 4. The number of likely N-dealkylation sites (N-methyl/N-ethyl adjacent to an activating group) is 1. The molecule has 1 aromatic carbocycles. The second-order valence-corrected chi connectivity index (χ2v) is 8.43. The number of benzene rings is 1. The average Bonchev–Trinajstić information content (AvgIpc) is 2.79. The van der Waals surface area contributed by atoms with Crippen LogP contribution >= 0.6 is 0 Å². The zero-order valence-corrected chi connectivity index (χ0v) is 19.2. The highest BCUT2D eigenvalue weighted by Gasteiger charge is 2.19. The molecule has 1 aromatic heterocycles. The minimum Gasteiger partial charge on any atom is -0.493 e. The minimum atomic E-state index is -0.555. The number of hydrogen-bond donors (Lipinski definition) is 1. The number of rotatable bonds is 10. The van der Waals surface area contributed by atoms with Gasteiger partial charge < -0.3 is 24.4 Å². The van der Waals surface area contributed by atoms with Crippen LogP contribution in [0, 0.1) is 0 Å². The summed E-state index contributed by atoms with van der Waals surface area (Å²) in [6.45, 7) is 9.78. The van der Waals surface area contributed by atoms with Gasteiger partial charge in [0.25, 0.3) is 0 Å². The van der Waals surface area contributed by atoms with Crippen molar-refractivity contribution >= 4 is 5.82 Å². The van der Waals surface area contributed by atoms with E-state index in [4.69, 9.17) is 9.47 Å². The van der Waals surface area contributed by atoms with Crippen molar-refractivity contribution in [2.75, 3.05) is 58.4 Å². The van der Waals surface area contributed by atoms with E-state index in [9.17, 15) is 5.11 Å². The molecule has 0 amide bonds. The van der Waals surface area contributed by atoms with E-state index in [0.29, 0.717) is 24.1 Å². The molecule has 1 N–H and O–H groups in total. The maximum atomic E-state index is 10.3. The van der Waals surface area contributed by atoms with Gasteiger partial charge in [0.15, 0.2) is 11.5 Å². The van der Waals surface area contributed by atoms with Gasteiger partial charge in [0.2, 0.25) is 0 Å². The first kappa shape index (κ1) is 23.3. The lowest BCUT2D eigenvalue weighted by atomic mass is 10.1. The molecule has 0 bridgehead atoms. The molecule has 1 aliphatic heterocycles. The third-order valence-electron chi connectivity index (χ3n) is 5.79. The van der Waals surface area contributed by atoms with E-state index >= 15 is 0 Å². The van der Waals surface area contributed by atoms with Crippen LogP contribution in [0.1, 0.15) is 19.4 Å². The number of ether oxygens (including phenoxy) is 2. The van der Waals surface area contributed by atoms with E-state index in [1.54, 1.807) is 7.11 Å². The number of anilines is 1. The van der Waals surface area contributed by atoms with Gasteiger partial charge in [0, 0.05) is 51.5 Å². The predicted octanol–water partition coefficient (Wildman–Crippen LogP) is 2.49. The summed E-state index contributed by atoms with van der Waals surface area (Å²) in [7, 11) is 3.64. The summed E-state index contributed by atoms with van der Waals surface area (Å²) < 4.78 is 11.4. The molecule has 31 heavy (non-hydrogen) atoms. The van der Waals surface area contributed by atoms with Gasteiger partial charge >= 0.3 is 0 Å². The van der Waals surface area contributed by atoms with Crippen LogP contribution in [-0.4, -0.2) is 85.5 Å². The summed E-state index contributed by atoms with van der Waals surface area (Å²) in [6.07, 6.45) is 1.29. The normalized spacial score (nSPS) is 16.0. The SMILES string of the molecule is COc1ccc(CN2CCN(c3ccccn3)CC2)cc1OCC(O)CN(C)C(C)C. The first-order chi connectivity index (χ1) is 15.0. The Balaban J connectivity index is 1.54. The van der Waals surface area contributed by atoms with E-state index < -0.39 is 6.10 Å². The molecule has 2 heterocycles. The number of aliphatic hydroxyl groups is 1. The highest BCUT2D eigenvalue weighted by Crippen LogP contribution is 2.29. The number of pyridine rings is 1. The van der Waals surface area contributed by atoms with Crippen LogP contribution in [0.15, 0.2) is 42.6 Å². The fourth-order valence-corrected chi connectivity index (χ4v) is 3.65. The summed E-state index contributed by atoms with van der Waals surface area (Å²) in [5.41, 5.74) is 1.18. The van der Waals surface area contributed by atoms with Crippen molar-refractivity contribution in [1.82, 2.24) is 14.8 Å². The fraction of sp³-hybridized carbons (Fsp3) is 0.542. The fourth-order valence-electron chi connectivity index (χ4n) is 3.65. The molecule has 1 saturated heterocycles. The Bertz CT molecular complexity index is 795. The zero-order chi connectivity index (χ0) is 22.2. The molecule has 1 aliphatic rings. The maximum absolute atomic E-state index is 10.3. The molecule has 7 heteroatoms. The highest BCUT2D eigenvalue weighted by atomic mass is 16.5. The number of piperazine rings is 1. The van der Waals surface area contributed by atoms with Crippen molar-refractivity contribution < 1.29 is 14.6 Å². The number of aliphatic hydroxyl groups excluding tert-OH is 1. The summed E-state index contributed by atoms with van der Waals surface area (Å²) in [6, 6.07) is 12.5. The third-order valence-corrected chi connectivity index (χ3v) is 5.79. The monoisotopic (exact) mass is 428 g/mol. The molecule has 1 fully saturated rings. The van der Waals surface area contributed by atoms with Crippen LogP contribution in [0.4, 0.5) is 5.82 Å². The molecule has 1 unspecified atom stereocenters. The van der Waals surface area contributed by atoms with Crippen molar-refractivity contribution in [2.24, 2.45) is 0 Å². The van der Waals surface area contributed by atoms with Crippen LogP contribution < -0.4 is 14.4 Å². The Morgan fingerprint density at radius 1 is 1.10 bits per heavy atom. The summed E-state index contributed by atoms with van der Waals surface area (Å²) in [5.74, 6) is 2.41. The third kappa shape index (κ3) is 6.82. The van der Waals surface area contributed by atoms with Gasteiger partial charge in [0.1, 0.15) is 18.5 Å². The van der Waals surface area contributed by atoms with Crippen LogP contribution in [0.3, 0.4) is 0 Å². The maximum Gasteiger partial charge on any atom is 0.161 e. The van der Waals surface area contributed by atoms with E-state index in [2.05, 4.69) is 45.7 Å². The van der Waals surface area contributed by atoms with Crippen LogP contribution in [0.5, 0.6) is 11.5 Å². The van der Waals surface area contributed by atoms with Gasteiger partial charge in [-0.05, 0) is 50.7 Å². The Kier molecular flexibility index (Phi) is 8.51. The molecule has 3 rings (SSSR count).